The molecule has 0 radical (unpaired) electrons. The van der Waals surface area contributed by atoms with Gasteiger partial charge in [-0.15, -0.1) is 0 Å². The highest BCUT2D eigenvalue weighted by Gasteiger charge is 2.10. The smallest absolute Gasteiger partial charge is 0.310 e. The molecule has 0 aromatic heterocycles. The van der Waals surface area contributed by atoms with Crippen molar-refractivity contribution in [2.24, 2.45) is 0 Å². The van der Waals surface area contributed by atoms with Crippen LogP contribution in [0.15, 0.2) is 12.1 Å². The van der Waals surface area contributed by atoms with Gasteiger partial charge in [0.25, 0.3) is 0 Å². The quantitative estimate of drug-likeness (QED) is 0.734. The van der Waals surface area contributed by atoms with Crippen molar-refractivity contribution in [3.63, 3.8) is 0 Å². The van der Waals surface area contributed by atoms with E-state index in [1.54, 1.807) is 12.1 Å². The van der Waals surface area contributed by atoms with E-state index in [2.05, 4.69) is 4.74 Å². The summed E-state index contributed by atoms with van der Waals surface area (Å²) >= 11 is 11.7. The summed E-state index contributed by atoms with van der Waals surface area (Å²) in [5.74, 6) is -0.308. The standard InChI is InChI=1S/C10H10Cl2O2/c1-6-3-7(11)4-9(12)8(6)5-10(13)14-2/h3-4H,5H2,1-2H3. The van der Waals surface area contributed by atoms with Crippen molar-refractivity contribution in [1.82, 2.24) is 0 Å². The molecule has 0 amide bonds. The zero-order valence-electron chi connectivity index (χ0n) is 7.93. The number of carbonyl (C=O) groups excluding carboxylic acids is 1. The van der Waals surface area contributed by atoms with Crippen molar-refractivity contribution in [2.75, 3.05) is 7.11 Å². The Kier molecular flexibility index (Phi) is 3.78. The SMILES string of the molecule is COC(=O)Cc1c(C)cc(Cl)cc1Cl. The lowest BCUT2D eigenvalue weighted by atomic mass is 10.1. The Hall–Kier alpha value is -0.730. The Labute approximate surface area is 92.8 Å². The summed E-state index contributed by atoms with van der Waals surface area (Å²) in [7, 11) is 1.35. The topological polar surface area (TPSA) is 26.3 Å². The lowest BCUT2D eigenvalue weighted by molar-refractivity contribution is -0.139. The summed E-state index contributed by atoms with van der Waals surface area (Å²) in [5, 5.41) is 1.07. The maximum Gasteiger partial charge on any atom is 0.310 e. The second-order valence-electron chi connectivity index (χ2n) is 2.94. The molecule has 0 fully saturated rings. The van der Waals surface area contributed by atoms with E-state index in [0.717, 1.165) is 11.1 Å². The van der Waals surface area contributed by atoms with E-state index in [4.69, 9.17) is 23.2 Å². The first-order valence-electron chi connectivity index (χ1n) is 4.06. The van der Waals surface area contributed by atoms with E-state index in [-0.39, 0.29) is 12.4 Å². The minimum absolute atomic E-state index is 0.179. The number of aryl methyl sites for hydroxylation is 1. The predicted molar refractivity (Wildman–Crippen MR) is 56.9 cm³/mol. The third-order valence-electron chi connectivity index (χ3n) is 1.93. The van der Waals surface area contributed by atoms with Crippen LogP contribution in [0.5, 0.6) is 0 Å². The normalized spacial score (nSPS) is 10.0. The molecule has 1 aromatic rings. The van der Waals surface area contributed by atoms with Gasteiger partial charge in [0.1, 0.15) is 0 Å². The van der Waals surface area contributed by atoms with Crippen molar-refractivity contribution in [3.05, 3.63) is 33.3 Å². The molecular weight excluding hydrogens is 223 g/mol. The number of carbonyl (C=O) groups is 1. The molecule has 0 saturated heterocycles. The van der Waals surface area contributed by atoms with E-state index in [0.29, 0.717) is 10.0 Å². The fourth-order valence-electron chi connectivity index (χ4n) is 1.17. The molecule has 0 aliphatic rings. The molecule has 14 heavy (non-hydrogen) atoms. The first-order valence-corrected chi connectivity index (χ1v) is 4.81. The van der Waals surface area contributed by atoms with Gasteiger partial charge >= 0.3 is 5.97 Å². The van der Waals surface area contributed by atoms with Gasteiger partial charge in [0.2, 0.25) is 0 Å². The fraction of sp³-hybridized carbons (Fsp3) is 0.300. The van der Waals surface area contributed by atoms with Crippen LogP contribution < -0.4 is 0 Å². The molecule has 76 valence electrons. The van der Waals surface area contributed by atoms with Gasteiger partial charge in [-0.25, -0.2) is 0 Å². The van der Waals surface area contributed by atoms with Crippen LogP contribution in [0.2, 0.25) is 10.0 Å². The molecule has 0 N–H and O–H groups in total. The van der Waals surface area contributed by atoms with Gasteiger partial charge in [-0.05, 0) is 30.2 Å². The molecule has 0 saturated carbocycles. The van der Waals surface area contributed by atoms with Crippen molar-refractivity contribution in [3.8, 4) is 0 Å². The number of halogens is 2. The van der Waals surface area contributed by atoms with Crippen LogP contribution in [0.25, 0.3) is 0 Å². The summed E-state index contributed by atoms with van der Waals surface area (Å²) < 4.78 is 4.56. The number of hydrogen-bond donors (Lipinski definition) is 0. The summed E-state index contributed by atoms with van der Waals surface area (Å²) in [4.78, 5) is 11.1. The summed E-state index contributed by atoms with van der Waals surface area (Å²) in [6.45, 7) is 1.86. The number of rotatable bonds is 2. The Balaban J connectivity index is 3.02. The second-order valence-corrected chi connectivity index (χ2v) is 3.78. The molecule has 0 heterocycles. The molecule has 0 aliphatic heterocycles. The van der Waals surface area contributed by atoms with Crippen molar-refractivity contribution in [1.29, 1.82) is 0 Å². The van der Waals surface area contributed by atoms with Crippen molar-refractivity contribution in [2.45, 2.75) is 13.3 Å². The molecule has 0 spiro atoms. The molecule has 0 aliphatic carbocycles. The summed E-state index contributed by atoms with van der Waals surface area (Å²) in [6, 6.07) is 3.39. The van der Waals surface area contributed by atoms with Gasteiger partial charge in [0.05, 0.1) is 13.5 Å². The van der Waals surface area contributed by atoms with E-state index in [9.17, 15) is 4.79 Å². The molecule has 0 atom stereocenters. The summed E-state index contributed by atoms with van der Waals surface area (Å²) in [5.41, 5.74) is 1.66. The number of methoxy groups -OCH3 is 1. The van der Waals surface area contributed by atoms with Gasteiger partial charge in [-0.3, -0.25) is 4.79 Å². The number of esters is 1. The molecular formula is C10H10Cl2O2. The van der Waals surface area contributed by atoms with E-state index >= 15 is 0 Å². The molecule has 0 bridgehead atoms. The zero-order valence-corrected chi connectivity index (χ0v) is 9.45. The second kappa shape index (κ2) is 4.67. The first-order chi connectivity index (χ1) is 6.54. The Morgan fingerprint density at radius 3 is 2.57 bits per heavy atom. The van der Waals surface area contributed by atoms with Crippen LogP contribution in [0.3, 0.4) is 0 Å². The van der Waals surface area contributed by atoms with Crippen LogP contribution in [0.1, 0.15) is 11.1 Å². The van der Waals surface area contributed by atoms with Gasteiger partial charge < -0.3 is 4.74 Å². The highest BCUT2D eigenvalue weighted by Crippen LogP contribution is 2.25. The number of hydrogen-bond acceptors (Lipinski definition) is 2. The van der Waals surface area contributed by atoms with Crippen LogP contribution in [0, 0.1) is 6.92 Å². The van der Waals surface area contributed by atoms with E-state index < -0.39 is 0 Å². The average molecular weight is 233 g/mol. The van der Waals surface area contributed by atoms with Crippen molar-refractivity contribution >= 4 is 29.2 Å². The minimum atomic E-state index is -0.308. The fourth-order valence-corrected chi connectivity index (χ4v) is 1.83. The minimum Gasteiger partial charge on any atom is -0.469 e. The highest BCUT2D eigenvalue weighted by atomic mass is 35.5. The molecule has 1 aromatic carbocycles. The van der Waals surface area contributed by atoms with Gasteiger partial charge in [0.15, 0.2) is 0 Å². The lowest BCUT2D eigenvalue weighted by Crippen LogP contribution is -2.06. The van der Waals surface area contributed by atoms with Gasteiger partial charge in [-0.2, -0.15) is 0 Å². The van der Waals surface area contributed by atoms with E-state index in [1.165, 1.54) is 7.11 Å². The maximum atomic E-state index is 11.1. The third-order valence-corrected chi connectivity index (χ3v) is 2.49. The zero-order chi connectivity index (χ0) is 10.7. The first kappa shape index (κ1) is 11.3. The predicted octanol–water partition coefficient (Wildman–Crippen LogP) is 3.02. The van der Waals surface area contributed by atoms with Crippen LogP contribution >= 0.6 is 23.2 Å². The number of ether oxygens (including phenoxy) is 1. The van der Waals surface area contributed by atoms with Crippen LogP contribution in [0.4, 0.5) is 0 Å². The lowest BCUT2D eigenvalue weighted by Gasteiger charge is -2.07. The van der Waals surface area contributed by atoms with Crippen molar-refractivity contribution < 1.29 is 9.53 Å². The Morgan fingerprint density at radius 1 is 1.43 bits per heavy atom. The maximum absolute atomic E-state index is 11.1. The Bertz CT molecular complexity index is 338. The molecule has 0 unspecified atom stereocenters. The van der Waals surface area contributed by atoms with E-state index in [1.807, 2.05) is 6.92 Å². The van der Waals surface area contributed by atoms with Gasteiger partial charge in [-0.1, -0.05) is 23.2 Å². The average Bonchev–Trinajstić information content (AvgIpc) is 2.10. The summed E-state index contributed by atoms with van der Waals surface area (Å²) in [6.07, 6.45) is 0.179. The highest BCUT2D eigenvalue weighted by molar-refractivity contribution is 6.35. The molecule has 4 heteroatoms. The Morgan fingerprint density at radius 2 is 2.07 bits per heavy atom. The van der Waals surface area contributed by atoms with Crippen LogP contribution in [-0.4, -0.2) is 13.1 Å². The van der Waals surface area contributed by atoms with Gasteiger partial charge in [0, 0.05) is 10.0 Å². The molecule has 1 rings (SSSR count). The number of benzene rings is 1. The molecule has 2 nitrogen and oxygen atoms in total. The third kappa shape index (κ3) is 2.63. The monoisotopic (exact) mass is 232 g/mol. The van der Waals surface area contributed by atoms with Crippen LogP contribution in [-0.2, 0) is 16.0 Å². The largest absolute Gasteiger partial charge is 0.469 e.